The Kier molecular flexibility index (Phi) is 4.52. The van der Waals surface area contributed by atoms with Gasteiger partial charge in [0.05, 0.1) is 11.6 Å². The van der Waals surface area contributed by atoms with Gasteiger partial charge in [-0.15, -0.1) is 0 Å². The van der Waals surface area contributed by atoms with Crippen LogP contribution in [0.5, 0.6) is 0 Å². The van der Waals surface area contributed by atoms with Gasteiger partial charge >= 0.3 is 0 Å². The number of amides is 1. The zero-order chi connectivity index (χ0) is 18.3. The van der Waals surface area contributed by atoms with E-state index in [-0.39, 0.29) is 5.92 Å². The number of aryl methyl sites for hydroxylation is 2. The Balaban J connectivity index is 1.48. The lowest BCUT2D eigenvalue weighted by molar-refractivity contribution is -0.136. The highest BCUT2D eigenvalue weighted by molar-refractivity contribution is 5.87. The van der Waals surface area contributed by atoms with Crippen LogP contribution in [-0.2, 0) is 11.8 Å². The Morgan fingerprint density at radius 2 is 2.00 bits per heavy atom. The molecule has 140 valence electrons. The van der Waals surface area contributed by atoms with Crippen LogP contribution in [-0.4, -0.2) is 63.3 Å². The van der Waals surface area contributed by atoms with Crippen molar-refractivity contribution in [3.05, 3.63) is 12.0 Å². The van der Waals surface area contributed by atoms with Gasteiger partial charge in [0, 0.05) is 39.1 Å². The van der Waals surface area contributed by atoms with Gasteiger partial charge in [-0.2, -0.15) is 5.10 Å². The SMILES string of the molecule is Cc1nc(N2CCN(C(=O)[C@@H]3CCC[C@@H]3CN)CC2)c2cnn(C)c2n1. The van der Waals surface area contributed by atoms with Crippen LogP contribution in [0.1, 0.15) is 25.1 Å². The minimum atomic E-state index is 0.123. The molecular formula is C18H27N7O. The third-order valence-corrected chi connectivity index (χ3v) is 5.85. The minimum absolute atomic E-state index is 0.123. The third-order valence-electron chi connectivity index (χ3n) is 5.85. The number of hydrogen-bond acceptors (Lipinski definition) is 6. The molecular weight excluding hydrogens is 330 g/mol. The first-order chi connectivity index (χ1) is 12.6. The van der Waals surface area contributed by atoms with Crippen molar-refractivity contribution in [2.75, 3.05) is 37.6 Å². The fraction of sp³-hybridized carbons (Fsp3) is 0.667. The van der Waals surface area contributed by atoms with Crippen molar-refractivity contribution in [2.24, 2.45) is 24.6 Å². The number of anilines is 1. The summed E-state index contributed by atoms with van der Waals surface area (Å²) >= 11 is 0. The zero-order valence-corrected chi connectivity index (χ0v) is 15.6. The van der Waals surface area contributed by atoms with Gasteiger partial charge in [-0.1, -0.05) is 6.42 Å². The van der Waals surface area contributed by atoms with Gasteiger partial charge in [-0.25, -0.2) is 9.97 Å². The topological polar surface area (TPSA) is 93.2 Å². The fourth-order valence-corrected chi connectivity index (χ4v) is 4.37. The van der Waals surface area contributed by atoms with Gasteiger partial charge in [0.25, 0.3) is 0 Å². The maximum atomic E-state index is 12.9. The Morgan fingerprint density at radius 3 is 2.73 bits per heavy atom. The molecule has 1 saturated heterocycles. The van der Waals surface area contributed by atoms with Crippen molar-refractivity contribution >= 4 is 22.8 Å². The van der Waals surface area contributed by atoms with Crippen LogP contribution in [0.3, 0.4) is 0 Å². The monoisotopic (exact) mass is 357 g/mol. The summed E-state index contributed by atoms with van der Waals surface area (Å²) in [6.45, 7) is 5.56. The first kappa shape index (κ1) is 17.2. The molecule has 1 amide bonds. The minimum Gasteiger partial charge on any atom is -0.352 e. The summed E-state index contributed by atoms with van der Waals surface area (Å²) in [4.78, 5) is 26.3. The number of hydrogen-bond donors (Lipinski definition) is 1. The smallest absolute Gasteiger partial charge is 0.226 e. The largest absolute Gasteiger partial charge is 0.352 e. The van der Waals surface area contributed by atoms with Gasteiger partial charge in [0.2, 0.25) is 5.91 Å². The molecule has 4 rings (SSSR count). The molecule has 8 heteroatoms. The lowest BCUT2D eigenvalue weighted by Crippen LogP contribution is -2.51. The highest BCUT2D eigenvalue weighted by atomic mass is 16.2. The van der Waals surface area contributed by atoms with E-state index in [1.54, 1.807) is 4.68 Å². The number of nitrogens with two attached hydrogens (primary N) is 1. The third kappa shape index (κ3) is 2.92. The van der Waals surface area contributed by atoms with E-state index in [2.05, 4.69) is 20.0 Å². The molecule has 2 fully saturated rings. The summed E-state index contributed by atoms with van der Waals surface area (Å²) in [7, 11) is 1.89. The Hall–Kier alpha value is -2.22. The number of piperazine rings is 1. The van der Waals surface area contributed by atoms with Crippen molar-refractivity contribution < 1.29 is 4.79 Å². The number of aromatic nitrogens is 4. The van der Waals surface area contributed by atoms with E-state index in [0.717, 1.165) is 68.1 Å². The molecule has 1 aliphatic carbocycles. The van der Waals surface area contributed by atoms with Crippen molar-refractivity contribution in [1.82, 2.24) is 24.6 Å². The summed E-state index contributed by atoms with van der Waals surface area (Å²) in [6.07, 6.45) is 5.03. The molecule has 2 aromatic heterocycles. The lowest BCUT2D eigenvalue weighted by atomic mass is 9.94. The number of fused-ring (bicyclic) bond motifs is 1. The van der Waals surface area contributed by atoms with Gasteiger partial charge in [0.1, 0.15) is 11.6 Å². The van der Waals surface area contributed by atoms with Crippen LogP contribution in [0.2, 0.25) is 0 Å². The number of carbonyl (C=O) groups is 1. The molecule has 26 heavy (non-hydrogen) atoms. The Morgan fingerprint density at radius 1 is 1.23 bits per heavy atom. The molecule has 0 bridgehead atoms. The lowest BCUT2D eigenvalue weighted by Gasteiger charge is -2.37. The molecule has 0 spiro atoms. The number of nitrogens with zero attached hydrogens (tertiary/aromatic N) is 6. The van der Waals surface area contributed by atoms with E-state index in [9.17, 15) is 4.79 Å². The van der Waals surface area contributed by atoms with Crippen molar-refractivity contribution in [2.45, 2.75) is 26.2 Å². The second kappa shape index (κ2) is 6.83. The molecule has 0 radical (unpaired) electrons. The first-order valence-electron chi connectivity index (χ1n) is 9.48. The molecule has 3 heterocycles. The van der Waals surface area contributed by atoms with Crippen molar-refractivity contribution in [3.63, 3.8) is 0 Å². The maximum Gasteiger partial charge on any atom is 0.226 e. The van der Waals surface area contributed by atoms with Crippen molar-refractivity contribution in [1.29, 1.82) is 0 Å². The van der Waals surface area contributed by atoms with Gasteiger partial charge < -0.3 is 15.5 Å². The second-order valence-electron chi connectivity index (χ2n) is 7.45. The Labute approximate surface area is 153 Å². The van der Waals surface area contributed by atoms with E-state index in [4.69, 9.17) is 5.73 Å². The summed E-state index contributed by atoms with van der Waals surface area (Å²) in [5.41, 5.74) is 6.71. The van der Waals surface area contributed by atoms with Crippen LogP contribution in [0.25, 0.3) is 11.0 Å². The van der Waals surface area contributed by atoms with E-state index < -0.39 is 0 Å². The molecule has 2 aliphatic rings. The Bertz CT molecular complexity index is 809. The summed E-state index contributed by atoms with van der Waals surface area (Å²) in [5.74, 6) is 2.45. The molecule has 1 aliphatic heterocycles. The van der Waals surface area contributed by atoms with Crippen LogP contribution >= 0.6 is 0 Å². The average Bonchev–Trinajstić information content (AvgIpc) is 3.28. The van der Waals surface area contributed by atoms with E-state index in [0.29, 0.717) is 18.4 Å². The fourth-order valence-electron chi connectivity index (χ4n) is 4.37. The predicted molar refractivity (Wildman–Crippen MR) is 99.7 cm³/mol. The molecule has 0 unspecified atom stereocenters. The van der Waals surface area contributed by atoms with Crippen LogP contribution in [0, 0.1) is 18.8 Å². The quantitative estimate of drug-likeness (QED) is 0.869. The standard InChI is InChI=1S/C18H27N7O/c1-12-21-16-15(11-20-23(16)2)17(22-12)24-6-8-25(9-7-24)18(26)14-5-3-4-13(14)10-19/h11,13-14H,3-10,19H2,1-2H3/t13-,14-/m1/s1. The maximum absolute atomic E-state index is 12.9. The van der Waals surface area contributed by atoms with Gasteiger partial charge in [-0.3, -0.25) is 9.48 Å². The number of rotatable bonds is 3. The predicted octanol–water partition coefficient (Wildman–Crippen LogP) is 0.695. The molecule has 8 nitrogen and oxygen atoms in total. The number of carbonyl (C=O) groups excluding carboxylic acids is 1. The van der Waals surface area contributed by atoms with E-state index in [1.807, 2.05) is 25.1 Å². The van der Waals surface area contributed by atoms with Gasteiger partial charge in [0.15, 0.2) is 5.65 Å². The van der Waals surface area contributed by atoms with Crippen molar-refractivity contribution in [3.8, 4) is 0 Å². The normalized spacial score (nSPS) is 23.8. The van der Waals surface area contributed by atoms with Crippen LogP contribution in [0.4, 0.5) is 5.82 Å². The zero-order valence-electron chi connectivity index (χ0n) is 15.6. The second-order valence-corrected chi connectivity index (χ2v) is 7.45. The average molecular weight is 357 g/mol. The first-order valence-corrected chi connectivity index (χ1v) is 9.48. The molecule has 0 aromatic carbocycles. The van der Waals surface area contributed by atoms with E-state index >= 15 is 0 Å². The molecule has 2 N–H and O–H groups in total. The highest BCUT2D eigenvalue weighted by Gasteiger charge is 2.36. The highest BCUT2D eigenvalue weighted by Crippen LogP contribution is 2.33. The molecule has 1 saturated carbocycles. The summed E-state index contributed by atoms with van der Waals surface area (Å²) < 4.78 is 1.78. The summed E-state index contributed by atoms with van der Waals surface area (Å²) in [6, 6.07) is 0. The van der Waals surface area contributed by atoms with Crippen LogP contribution in [0.15, 0.2) is 6.20 Å². The summed E-state index contributed by atoms with van der Waals surface area (Å²) in [5, 5.41) is 5.29. The molecule has 2 atom stereocenters. The van der Waals surface area contributed by atoms with Gasteiger partial charge in [-0.05, 0) is 32.2 Å². The van der Waals surface area contributed by atoms with Crippen LogP contribution < -0.4 is 10.6 Å². The molecule has 2 aromatic rings. The van der Waals surface area contributed by atoms with E-state index in [1.165, 1.54) is 0 Å².